The normalized spacial score (nSPS) is 14.6. The van der Waals surface area contributed by atoms with Crippen molar-refractivity contribution in [2.75, 3.05) is 45.2 Å². The number of carbonyl (C=O) groups is 1. The van der Waals surface area contributed by atoms with Gasteiger partial charge in [-0.05, 0) is 61.1 Å². The second-order valence-electron chi connectivity index (χ2n) is 13.9. The summed E-state index contributed by atoms with van der Waals surface area (Å²) >= 11 is 0. The number of anilines is 1. The summed E-state index contributed by atoms with van der Waals surface area (Å²) in [6.45, 7) is 10.9. The Balaban J connectivity index is 1.22. The Morgan fingerprint density at radius 2 is 1.75 bits per heavy atom. The summed E-state index contributed by atoms with van der Waals surface area (Å²) in [5, 5.41) is 2.62. The number of likely N-dealkylation sites (N-methyl/N-ethyl adjacent to an activating group) is 1. The number of carbonyl (C=O) groups excluding carboxylic acids is 1. The summed E-state index contributed by atoms with van der Waals surface area (Å²) in [6.07, 6.45) is 0.316. The number of alkyl halides is 3. The van der Waals surface area contributed by atoms with E-state index in [0.29, 0.717) is 42.2 Å². The maximum Gasteiger partial charge on any atom is 0.416 e. The van der Waals surface area contributed by atoms with Crippen LogP contribution in [0.3, 0.4) is 0 Å². The molecule has 5 aromatic rings. The van der Waals surface area contributed by atoms with E-state index in [-0.39, 0.29) is 41.7 Å². The molecule has 0 atom stereocenters. The zero-order valence-electron chi connectivity index (χ0n) is 29.1. The summed E-state index contributed by atoms with van der Waals surface area (Å²) in [6, 6.07) is 14.8. The van der Waals surface area contributed by atoms with Gasteiger partial charge in [0.05, 0.1) is 11.9 Å². The van der Waals surface area contributed by atoms with Crippen molar-refractivity contribution in [3.05, 3.63) is 90.0 Å². The topological polar surface area (TPSA) is 111 Å². The quantitative estimate of drug-likeness (QED) is 0.108. The molecule has 2 aromatic carbocycles. The summed E-state index contributed by atoms with van der Waals surface area (Å²) in [4.78, 5) is 35.5. The third kappa shape index (κ3) is 9.35. The first-order chi connectivity index (χ1) is 24.3. The zero-order valence-corrected chi connectivity index (χ0v) is 30.1. The number of amides is 1. The predicted octanol–water partition coefficient (Wildman–Crippen LogP) is 7.01. The Hall–Kier alpha value is -4.70. The highest BCUT2D eigenvalue weighted by molar-refractivity contribution is 6.76. The monoisotopic (exact) mass is 718 g/mol. The molecule has 51 heavy (non-hydrogen) atoms. The van der Waals surface area contributed by atoms with E-state index in [4.69, 9.17) is 14.5 Å². The minimum absolute atomic E-state index is 0.0397. The summed E-state index contributed by atoms with van der Waals surface area (Å²) in [7, 11) is 0.722. The van der Waals surface area contributed by atoms with Crippen molar-refractivity contribution >= 4 is 30.8 Å². The Labute approximate surface area is 295 Å². The molecule has 0 aliphatic carbocycles. The fourth-order valence-electron chi connectivity index (χ4n) is 5.57. The van der Waals surface area contributed by atoms with Crippen molar-refractivity contribution in [2.24, 2.45) is 0 Å². The number of nitrogens with one attached hydrogen (secondary N) is 1. The van der Waals surface area contributed by atoms with Crippen LogP contribution >= 0.6 is 0 Å². The van der Waals surface area contributed by atoms with Gasteiger partial charge >= 0.3 is 6.18 Å². The van der Waals surface area contributed by atoms with Crippen molar-refractivity contribution in [3.63, 3.8) is 0 Å². The largest absolute Gasteiger partial charge is 0.437 e. The van der Waals surface area contributed by atoms with Gasteiger partial charge in [-0.25, -0.2) is 9.97 Å². The Bertz CT molecular complexity index is 1980. The molecular formula is C36H41F3N8O3Si. The van der Waals surface area contributed by atoms with E-state index >= 15 is 0 Å². The zero-order chi connectivity index (χ0) is 36.2. The van der Waals surface area contributed by atoms with Crippen LogP contribution in [0.2, 0.25) is 25.7 Å². The molecule has 15 heteroatoms. The average molecular weight is 719 g/mol. The predicted molar refractivity (Wildman–Crippen MR) is 191 cm³/mol. The molecule has 0 spiro atoms. The molecule has 6 rings (SSSR count). The molecule has 1 N–H and O–H groups in total. The summed E-state index contributed by atoms with van der Waals surface area (Å²) < 4.78 is 56.4. The number of benzene rings is 2. The van der Waals surface area contributed by atoms with Crippen LogP contribution in [0.1, 0.15) is 21.5 Å². The van der Waals surface area contributed by atoms with Gasteiger partial charge in [0, 0.05) is 76.6 Å². The molecule has 3 aromatic heterocycles. The number of ether oxygens (including phenoxy) is 2. The minimum atomic E-state index is -4.58. The van der Waals surface area contributed by atoms with E-state index in [1.807, 2.05) is 11.9 Å². The van der Waals surface area contributed by atoms with Crippen LogP contribution < -0.4 is 10.1 Å². The van der Waals surface area contributed by atoms with Crippen LogP contribution in [0, 0.1) is 0 Å². The van der Waals surface area contributed by atoms with Crippen LogP contribution in [0.4, 0.5) is 18.9 Å². The number of fused-ring (bicyclic) bond motifs is 1. The molecule has 0 saturated carbocycles. The van der Waals surface area contributed by atoms with Crippen molar-refractivity contribution < 1.29 is 27.4 Å². The van der Waals surface area contributed by atoms with Gasteiger partial charge < -0.3 is 19.7 Å². The second kappa shape index (κ2) is 15.3. The average Bonchev–Trinajstić information content (AvgIpc) is 3.51. The number of hydrogen-bond donors (Lipinski definition) is 1. The lowest BCUT2D eigenvalue weighted by atomic mass is 10.0. The number of halogens is 3. The molecule has 268 valence electrons. The maximum atomic E-state index is 14.2. The summed E-state index contributed by atoms with van der Waals surface area (Å²) in [5.41, 5.74) is 1.24. The van der Waals surface area contributed by atoms with Crippen LogP contribution in [0.15, 0.2) is 73.3 Å². The van der Waals surface area contributed by atoms with Crippen molar-refractivity contribution in [3.8, 4) is 23.0 Å². The van der Waals surface area contributed by atoms with Crippen LogP contribution in [0.5, 0.6) is 11.6 Å². The highest BCUT2D eigenvalue weighted by Crippen LogP contribution is 2.35. The van der Waals surface area contributed by atoms with Gasteiger partial charge in [-0.3, -0.25) is 19.2 Å². The van der Waals surface area contributed by atoms with Crippen molar-refractivity contribution in [1.29, 1.82) is 0 Å². The molecule has 0 unspecified atom stereocenters. The highest BCUT2D eigenvalue weighted by atomic mass is 28.3. The number of hydrogen-bond acceptors (Lipinski definition) is 9. The number of nitrogens with zero attached hydrogens (tertiary/aromatic N) is 7. The second-order valence-corrected chi connectivity index (χ2v) is 19.5. The SMILES string of the molecule is CN1CCN(Cc2ccc(NC(=O)c3cccc(Oc4nc(-c5ccncc5)nc5c4ncn5COCC[Si](C)(C)C)c3)cc2C(F)(F)F)CC1. The van der Waals surface area contributed by atoms with E-state index in [2.05, 4.69) is 44.8 Å². The van der Waals surface area contributed by atoms with Crippen molar-refractivity contribution in [2.45, 2.75) is 45.1 Å². The third-order valence-corrected chi connectivity index (χ3v) is 10.3. The van der Waals surface area contributed by atoms with Crippen LogP contribution in [0.25, 0.3) is 22.6 Å². The fraction of sp³-hybridized carbons (Fsp3) is 0.361. The molecule has 0 radical (unpaired) electrons. The smallest absolute Gasteiger partial charge is 0.416 e. The molecule has 1 amide bonds. The number of imidazole rings is 1. The first-order valence-electron chi connectivity index (χ1n) is 16.7. The number of piperazine rings is 1. The lowest BCUT2D eigenvalue weighted by Crippen LogP contribution is -2.44. The number of rotatable bonds is 12. The van der Waals surface area contributed by atoms with Crippen LogP contribution in [-0.4, -0.2) is 88.1 Å². The van der Waals surface area contributed by atoms with Gasteiger partial charge in [-0.2, -0.15) is 18.2 Å². The van der Waals surface area contributed by atoms with Gasteiger partial charge in [0.25, 0.3) is 11.8 Å². The van der Waals surface area contributed by atoms with E-state index in [1.165, 1.54) is 18.2 Å². The van der Waals surface area contributed by atoms with E-state index in [1.54, 1.807) is 53.6 Å². The number of aromatic nitrogens is 5. The highest BCUT2D eigenvalue weighted by Gasteiger charge is 2.34. The van der Waals surface area contributed by atoms with Gasteiger partial charge in [-0.15, -0.1) is 0 Å². The Kier molecular flexibility index (Phi) is 10.8. The van der Waals surface area contributed by atoms with Gasteiger partial charge in [0.1, 0.15) is 12.5 Å². The minimum Gasteiger partial charge on any atom is -0.437 e. The summed E-state index contributed by atoms with van der Waals surface area (Å²) in [5.74, 6) is 0.235. The van der Waals surface area contributed by atoms with E-state index in [0.717, 1.165) is 25.2 Å². The molecule has 1 aliphatic heterocycles. The van der Waals surface area contributed by atoms with Crippen LogP contribution in [-0.2, 0) is 24.2 Å². The Morgan fingerprint density at radius 1 is 0.980 bits per heavy atom. The molecule has 1 fully saturated rings. The first kappa shape index (κ1) is 36.1. The fourth-order valence-corrected chi connectivity index (χ4v) is 6.33. The lowest BCUT2D eigenvalue weighted by molar-refractivity contribution is -0.138. The maximum absolute atomic E-state index is 14.2. The molecule has 0 bridgehead atoms. The molecule has 11 nitrogen and oxygen atoms in total. The van der Waals surface area contributed by atoms with E-state index < -0.39 is 25.7 Å². The van der Waals surface area contributed by atoms with Crippen molar-refractivity contribution in [1.82, 2.24) is 34.3 Å². The van der Waals surface area contributed by atoms with E-state index in [9.17, 15) is 18.0 Å². The molecule has 4 heterocycles. The van der Waals surface area contributed by atoms with Gasteiger partial charge in [0.15, 0.2) is 17.0 Å². The molecule has 1 aliphatic rings. The standard InChI is InChI=1S/C36H41F3N8O3Si/c1-45-14-16-46(17-15-45)22-27-8-9-28(21-30(27)36(37,38)39)42-34(48)26-6-5-7-29(20-26)50-35-31-33(43-32(44-35)25-10-12-40-13-11-25)47(23-41-31)24-49-18-19-51(2,3)4/h5-13,20-21,23H,14-19,22,24H2,1-4H3,(H,42,48). The van der Waals surface area contributed by atoms with Gasteiger partial charge in [0.2, 0.25) is 0 Å². The first-order valence-corrected chi connectivity index (χ1v) is 20.4. The van der Waals surface area contributed by atoms with Gasteiger partial charge in [-0.1, -0.05) is 31.8 Å². The number of pyridine rings is 1. The molecule has 1 saturated heterocycles. The third-order valence-electron chi connectivity index (χ3n) is 8.57. The Morgan fingerprint density at radius 3 is 2.47 bits per heavy atom. The lowest BCUT2D eigenvalue weighted by Gasteiger charge is -2.33. The molecular weight excluding hydrogens is 678 g/mol.